The van der Waals surface area contributed by atoms with E-state index in [9.17, 15) is 4.79 Å². The number of hydrogen-bond acceptors (Lipinski definition) is 4. The van der Waals surface area contributed by atoms with Gasteiger partial charge in [0.2, 0.25) is 0 Å². The van der Waals surface area contributed by atoms with Gasteiger partial charge in [-0.3, -0.25) is 4.79 Å². The fourth-order valence-electron chi connectivity index (χ4n) is 2.78. The molecule has 3 aromatic rings. The Kier molecular flexibility index (Phi) is 5.17. The lowest BCUT2D eigenvalue weighted by Crippen LogP contribution is -2.01. The lowest BCUT2D eigenvalue weighted by molar-refractivity contribution is 0.104. The monoisotopic (exact) mass is 348 g/mol. The first-order chi connectivity index (χ1) is 12.7. The van der Waals surface area contributed by atoms with E-state index >= 15 is 0 Å². The number of benzene rings is 2. The molecule has 0 aliphatic heterocycles. The normalized spacial score (nSPS) is 10.9. The van der Waals surface area contributed by atoms with E-state index in [1.54, 1.807) is 31.2 Å². The standard InChI is InChI=1S/C21H20N2O3/c1-15-18(14-22-23(15)17-9-5-4-6-10-17)19(24)13-12-16-8-7-11-20(25-2)21(16)26-3/h4-14H,1-3H3. The predicted molar refractivity (Wildman–Crippen MR) is 101 cm³/mol. The van der Waals surface area contributed by atoms with Crippen molar-refractivity contribution in [3.8, 4) is 17.2 Å². The summed E-state index contributed by atoms with van der Waals surface area (Å²) in [5, 5.41) is 4.34. The Labute approximate surface area is 152 Å². The molecule has 5 nitrogen and oxygen atoms in total. The Hall–Kier alpha value is -3.34. The predicted octanol–water partition coefficient (Wildman–Crippen LogP) is 4.09. The minimum atomic E-state index is -0.116. The van der Waals surface area contributed by atoms with Crippen LogP contribution in [0.5, 0.6) is 11.5 Å². The highest BCUT2D eigenvalue weighted by Gasteiger charge is 2.13. The van der Waals surface area contributed by atoms with Crippen LogP contribution in [0.3, 0.4) is 0 Å². The third kappa shape index (κ3) is 3.37. The van der Waals surface area contributed by atoms with Crippen molar-refractivity contribution in [1.29, 1.82) is 0 Å². The molecule has 0 radical (unpaired) electrons. The molecular formula is C21H20N2O3. The van der Waals surface area contributed by atoms with E-state index in [1.165, 1.54) is 6.08 Å². The average Bonchev–Trinajstić information content (AvgIpc) is 3.07. The van der Waals surface area contributed by atoms with E-state index in [2.05, 4.69) is 5.10 Å². The first-order valence-electron chi connectivity index (χ1n) is 8.19. The SMILES string of the molecule is COc1cccc(C=CC(=O)c2cnn(-c3ccccc3)c2C)c1OC. The molecule has 1 aromatic heterocycles. The molecular weight excluding hydrogens is 328 g/mol. The number of rotatable bonds is 6. The molecule has 26 heavy (non-hydrogen) atoms. The number of ketones is 1. The molecule has 0 unspecified atom stereocenters. The van der Waals surface area contributed by atoms with Crippen molar-refractivity contribution in [2.45, 2.75) is 6.92 Å². The summed E-state index contributed by atoms with van der Waals surface area (Å²) in [4.78, 5) is 12.6. The van der Waals surface area contributed by atoms with E-state index < -0.39 is 0 Å². The van der Waals surface area contributed by atoms with Gasteiger partial charge in [-0.15, -0.1) is 0 Å². The maximum atomic E-state index is 12.6. The molecule has 132 valence electrons. The molecule has 0 aliphatic carbocycles. The van der Waals surface area contributed by atoms with Gasteiger partial charge < -0.3 is 9.47 Å². The summed E-state index contributed by atoms with van der Waals surface area (Å²) in [6, 6.07) is 15.2. The van der Waals surface area contributed by atoms with Crippen LogP contribution in [0, 0.1) is 6.92 Å². The minimum Gasteiger partial charge on any atom is -0.493 e. The van der Waals surface area contributed by atoms with E-state index in [0.717, 1.165) is 16.9 Å². The summed E-state index contributed by atoms with van der Waals surface area (Å²) in [7, 11) is 3.16. The van der Waals surface area contributed by atoms with Gasteiger partial charge in [-0.1, -0.05) is 30.3 Å². The van der Waals surface area contributed by atoms with Crippen LogP contribution >= 0.6 is 0 Å². The summed E-state index contributed by atoms with van der Waals surface area (Å²) in [5.74, 6) is 1.10. The molecule has 0 bridgehead atoms. The Morgan fingerprint density at radius 1 is 1.04 bits per heavy atom. The summed E-state index contributed by atoms with van der Waals surface area (Å²) in [6.45, 7) is 1.88. The summed E-state index contributed by atoms with van der Waals surface area (Å²) in [5.41, 5.74) is 3.05. The molecule has 0 N–H and O–H groups in total. The second-order valence-corrected chi connectivity index (χ2v) is 5.67. The third-order valence-corrected chi connectivity index (χ3v) is 4.12. The molecule has 0 aliphatic rings. The van der Waals surface area contributed by atoms with Gasteiger partial charge in [0.05, 0.1) is 37.4 Å². The summed E-state index contributed by atoms with van der Waals surface area (Å²) < 4.78 is 12.4. The maximum Gasteiger partial charge on any atom is 0.189 e. The Morgan fingerprint density at radius 2 is 1.81 bits per heavy atom. The second-order valence-electron chi connectivity index (χ2n) is 5.67. The Balaban J connectivity index is 1.88. The first-order valence-corrected chi connectivity index (χ1v) is 8.19. The lowest BCUT2D eigenvalue weighted by Gasteiger charge is -2.09. The largest absolute Gasteiger partial charge is 0.493 e. The van der Waals surface area contributed by atoms with E-state index in [4.69, 9.17) is 9.47 Å². The zero-order valence-corrected chi connectivity index (χ0v) is 15.0. The number of allylic oxidation sites excluding steroid dienone is 1. The van der Waals surface area contributed by atoms with Gasteiger partial charge in [0.25, 0.3) is 0 Å². The number of ether oxygens (including phenoxy) is 2. The number of methoxy groups -OCH3 is 2. The van der Waals surface area contributed by atoms with Gasteiger partial charge >= 0.3 is 0 Å². The quantitative estimate of drug-likeness (QED) is 0.497. The van der Waals surface area contributed by atoms with Crippen LogP contribution in [0.1, 0.15) is 21.6 Å². The van der Waals surface area contributed by atoms with Crippen molar-refractivity contribution >= 4 is 11.9 Å². The van der Waals surface area contributed by atoms with Crippen molar-refractivity contribution in [2.75, 3.05) is 14.2 Å². The molecule has 0 saturated carbocycles. The highest BCUT2D eigenvalue weighted by Crippen LogP contribution is 2.31. The smallest absolute Gasteiger partial charge is 0.189 e. The molecule has 3 rings (SSSR count). The Bertz CT molecular complexity index is 943. The second kappa shape index (κ2) is 7.70. The molecule has 2 aromatic carbocycles. The van der Waals surface area contributed by atoms with Crippen LogP contribution in [0.25, 0.3) is 11.8 Å². The first kappa shape index (κ1) is 17.5. The van der Waals surface area contributed by atoms with E-state index in [-0.39, 0.29) is 5.78 Å². The van der Waals surface area contributed by atoms with Crippen molar-refractivity contribution < 1.29 is 14.3 Å². The van der Waals surface area contributed by atoms with Crippen molar-refractivity contribution in [3.63, 3.8) is 0 Å². The molecule has 0 atom stereocenters. The lowest BCUT2D eigenvalue weighted by atomic mass is 10.1. The fourth-order valence-corrected chi connectivity index (χ4v) is 2.78. The molecule has 1 heterocycles. The zero-order chi connectivity index (χ0) is 18.5. The molecule has 0 amide bonds. The summed E-state index contributed by atoms with van der Waals surface area (Å²) >= 11 is 0. The van der Waals surface area contributed by atoms with Gasteiger partial charge in [-0.25, -0.2) is 4.68 Å². The molecule has 5 heteroatoms. The van der Waals surface area contributed by atoms with Gasteiger partial charge in [0.15, 0.2) is 17.3 Å². The average molecular weight is 348 g/mol. The number of aromatic nitrogens is 2. The van der Waals surface area contributed by atoms with Crippen LogP contribution in [-0.2, 0) is 0 Å². The fraction of sp³-hybridized carbons (Fsp3) is 0.143. The summed E-state index contributed by atoms with van der Waals surface area (Å²) in [6.07, 6.45) is 4.84. The number of carbonyl (C=O) groups excluding carboxylic acids is 1. The van der Waals surface area contributed by atoms with Gasteiger partial charge in [0.1, 0.15) is 0 Å². The van der Waals surface area contributed by atoms with Crippen molar-refractivity contribution in [3.05, 3.63) is 77.6 Å². The van der Waals surface area contributed by atoms with Crippen molar-refractivity contribution in [2.24, 2.45) is 0 Å². The van der Waals surface area contributed by atoms with E-state index in [0.29, 0.717) is 17.1 Å². The third-order valence-electron chi connectivity index (χ3n) is 4.12. The number of para-hydroxylation sites is 2. The topological polar surface area (TPSA) is 53.3 Å². The van der Waals surface area contributed by atoms with E-state index in [1.807, 2.05) is 55.5 Å². The van der Waals surface area contributed by atoms with Crippen LogP contribution < -0.4 is 9.47 Å². The number of carbonyl (C=O) groups is 1. The maximum absolute atomic E-state index is 12.6. The molecule has 0 fully saturated rings. The number of hydrogen-bond donors (Lipinski definition) is 0. The van der Waals surface area contributed by atoms with Crippen LogP contribution in [-0.4, -0.2) is 29.8 Å². The van der Waals surface area contributed by atoms with Gasteiger partial charge in [0, 0.05) is 5.56 Å². The minimum absolute atomic E-state index is 0.116. The Morgan fingerprint density at radius 3 is 2.50 bits per heavy atom. The molecule has 0 spiro atoms. The van der Waals surface area contributed by atoms with Gasteiger partial charge in [-0.2, -0.15) is 5.10 Å². The van der Waals surface area contributed by atoms with Gasteiger partial charge in [-0.05, 0) is 37.3 Å². The highest BCUT2D eigenvalue weighted by molar-refractivity contribution is 6.07. The van der Waals surface area contributed by atoms with Crippen molar-refractivity contribution in [1.82, 2.24) is 9.78 Å². The number of nitrogens with zero attached hydrogens (tertiary/aromatic N) is 2. The highest BCUT2D eigenvalue weighted by atomic mass is 16.5. The van der Waals surface area contributed by atoms with Crippen LogP contribution in [0.15, 0.2) is 60.8 Å². The van der Waals surface area contributed by atoms with Crippen LogP contribution in [0.2, 0.25) is 0 Å². The molecule has 0 saturated heterocycles. The van der Waals surface area contributed by atoms with Crippen LogP contribution in [0.4, 0.5) is 0 Å². The zero-order valence-electron chi connectivity index (χ0n) is 15.0.